The number of nitrogens with zero attached hydrogens (tertiary/aromatic N) is 2. The molecule has 1 aliphatic rings. The van der Waals surface area contributed by atoms with Crippen molar-refractivity contribution in [2.45, 2.75) is 12.3 Å². The maximum absolute atomic E-state index is 13.3. The van der Waals surface area contributed by atoms with Crippen LogP contribution in [0.3, 0.4) is 0 Å². The van der Waals surface area contributed by atoms with E-state index in [9.17, 15) is 18.8 Å². The SMILES string of the molecule is O=C(O)NC(NC(=O)CNC(=O)c1cc(NC2=NCC(F)CN2)c2cn[nH]c2c1)c1cccc(Cl)c1. The van der Waals surface area contributed by atoms with Crippen molar-refractivity contribution in [3.8, 4) is 0 Å². The molecule has 1 aromatic heterocycles. The average Bonchev–Trinajstić information content (AvgIpc) is 3.32. The summed E-state index contributed by atoms with van der Waals surface area (Å²) in [5, 5.41) is 30.0. The quantitative estimate of drug-likeness (QED) is 0.234. The number of alkyl halides is 1. The third-order valence-corrected chi connectivity index (χ3v) is 5.41. The fourth-order valence-electron chi connectivity index (χ4n) is 3.50. The summed E-state index contributed by atoms with van der Waals surface area (Å²) in [7, 11) is 0. The van der Waals surface area contributed by atoms with Gasteiger partial charge in [-0.2, -0.15) is 5.10 Å². The number of aromatic nitrogens is 2. The van der Waals surface area contributed by atoms with Gasteiger partial charge in [-0.1, -0.05) is 23.7 Å². The fourth-order valence-corrected chi connectivity index (χ4v) is 3.70. The van der Waals surface area contributed by atoms with Crippen molar-refractivity contribution in [3.05, 3.63) is 58.7 Å². The molecule has 0 aliphatic carbocycles. The molecule has 0 radical (unpaired) electrons. The number of fused-ring (bicyclic) bond motifs is 1. The summed E-state index contributed by atoms with van der Waals surface area (Å²) in [6.45, 7) is -0.290. The van der Waals surface area contributed by atoms with Gasteiger partial charge in [0.15, 0.2) is 5.96 Å². The third-order valence-electron chi connectivity index (χ3n) is 5.18. The summed E-state index contributed by atoms with van der Waals surface area (Å²) in [5.41, 5.74) is 1.70. The van der Waals surface area contributed by atoms with Gasteiger partial charge in [-0.3, -0.25) is 20.0 Å². The highest BCUT2D eigenvalue weighted by molar-refractivity contribution is 6.30. The lowest BCUT2D eigenvalue weighted by molar-refractivity contribution is -0.121. The molecule has 1 aliphatic heterocycles. The minimum absolute atomic E-state index is 0.0199. The van der Waals surface area contributed by atoms with E-state index in [-0.39, 0.29) is 18.7 Å². The fraction of sp³-hybridized carbons (Fsp3) is 0.227. The number of rotatable bonds is 7. The van der Waals surface area contributed by atoms with Gasteiger partial charge in [0.1, 0.15) is 12.3 Å². The third kappa shape index (κ3) is 6.18. The highest BCUT2D eigenvalue weighted by Gasteiger charge is 2.19. The monoisotopic (exact) mass is 516 g/mol. The Bertz CT molecular complexity index is 1330. The lowest BCUT2D eigenvalue weighted by Crippen LogP contribution is -2.44. The lowest BCUT2D eigenvalue weighted by atomic mass is 10.1. The smallest absolute Gasteiger partial charge is 0.406 e. The molecule has 2 heterocycles. The van der Waals surface area contributed by atoms with E-state index in [2.05, 4.69) is 41.8 Å². The van der Waals surface area contributed by atoms with E-state index in [1.54, 1.807) is 36.5 Å². The van der Waals surface area contributed by atoms with E-state index in [0.29, 0.717) is 33.1 Å². The standard InChI is InChI=1S/C22H22ClFN8O4/c23-13-3-1-2-11(4-13)19(31-22(35)36)30-18(33)10-25-20(34)12-5-16(15-9-28-32-17(15)6-12)29-21-26-7-14(24)8-27-21/h1-6,9,14,19,31H,7-8,10H2,(H,25,34)(H,28,32)(H,30,33)(H,35,36)(H2,26,27,29). The number of hydrogen-bond acceptors (Lipinski definition) is 7. The van der Waals surface area contributed by atoms with Gasteiger partial charge in [-0.25, -0.2) is 14.2 Å². The molecule has 0 saturated carbocycles. The summed E-state index contributed by atoms with van der Waals surface area (Å²) < 4.78 is 13.3. The Kier molecular flexibility index (Phi) is 7.49. The summed E-state index contributed by atoms with van der Waals surface area (Å²) >= 11 is 5.96. The largest absolute Gasteiger partial charge is 0.465 e. The average molecular weight is 517 g/mol. The van der Waals surface area contributed by atoms with Crippen LogP contribution in [-0.4, -0.2) is 65.0 Å². The first-order valence-corrected chi connectivity index (χ1v) is 11.2. The van der Waals surface area contributed by atoms with Crippen LogP contribution in [0.2, 0.25) is 5.02 Å². The molecule has 2 unspecified atom stereocenters. The number of aromatic amines is 1. The number of carbonyl (C=O) groups excluding carboxylic acids is 2. The Hall–Kier alpha value is -4.39. The predicted molar refractivity (Wildman–Crippen MR) is 131 cm³/mol. The second-order valence-corrected chi connectivity index (χ2v) is 8.27. The number of benzene rings is 2. The van der Waals surface area contributed by atoms with Gasteiger partial charge < -0.3 is 26.4 Å². The molecule has 3 aromatic rings. The normalized spacial score (nSPS) is 15.8. The first-order chi connectivity index (χ1) is 17.3. The number of H-pyrrole nitrogens is 1. The Balaban J connectivity index is 1.43. The molecule has 0 spiro atoms. The molecule has 36 heavy (non-hydrogen) atoms. The number of aliphatic imine (C=N–C) groups is 1. The Morgan fingerprint density at radius 3 is 2.78 bits per heavy atom. The zero-order chi connectivity index (χ0) is 25.7. The van der Waals surface area contributed by atoms with Crippen molar-refractivity contribution >= 4 is 52.1 Å². The summed E-state index contributed by atoms with van der Waals surface area (Å²) in [4.78, 5) is 40.5. The molecule has 188 valence electrons. The minimum Gasteiger partial charge on any atom is -0.465 e. The zero-order valence-electron chi connectivity index (χ0n) is 18.6. The van der Waals surface area contributed by atoms with Crippen LogP contribution >= 0.6 is 11.6 Å². The van der Waals surface area contributed by atoms with Crippen LogP contribution in [-0.2, 0) is 4.79 Å². The number of halogens is 2. The lowest BCUT2D eigenvalue weighted by Gasteiger charge is -2.20. The van der Waals surface area contributed by atoms with Crippen molar-refractivity contribution in [1.29, 1.82) is 0 Å². The van der Waals surface area contributed by atoms with Crippen LogP contribution in [0, 0.1) is 0 Å². The molecule has 3 amide bonds. The van der Waals surface area contributed by atoms with Gasteiger partial charge in [0.2, 0.25) is 5.91 Å². The highest BCUT2D eigenvalue weighted by atomic mass is 35.5. The number of hydrogen-bond donors (Lipinski definition) is 7. The van der Waals surface area contributed by atoms with Gasteiger partial charge in [-0.05, 0) is 29.8 Å². The van der Waals surface area contributed by atoms with Crippen LogP contribution in [0.15, 0.2) is 47.6 Å². The molecule has 7 N–H and O–H groups in total. The molecule has 14 heteroatoms. The van der Waals surface area contributed by atoms with Crippen LogP contribution in [0.4, 0.5) is 14.9 Å². The van der Waals surface area contributed by atoms with Crippen molar-refractivity contribution in [1.82, 2.24) is 31.5 Å². The minimum atomic E-state index is -1.35. The number of nitrogens with one attached hydrogen (secondary N) is 6. The summed E-state index contributed by atoms with van der Waals surface area (Å²) in [6, 6.07) is 9.45. The maximum Gasteiger partial charge on any atom is 0.406 e. The second kappa shape index (κ2) is 10.9. The van der Waals surface area contributed by atoms with Gasteiger partial charge >= 0.3 is 6.09 Å². The zero-order valence-corrected chi connectivity index (χ0v) is 19.4. The van der Waals surface area contributed by atoms with Crippen LogP contribution in [0.1, 0.15) is 22.1 Å². The molecule has 12 nitrogen and oxygen atoms in total. The van der Waals surface area contributed by atoms with E-state index < -0.39 is 36.8 Å². The molecular formula is C22H22ClFN8O4. The first kappa shape index (κ1) is 24.7. The highest BCUT2D eigenvalue weighted by Crippen LogP contribution is 2.24. The number of carbonyl (C=O) groups is 3. The van der Waals surface area contributed by atoms with Crippen LogP contribution < -0.4 is 26.6 Å². The van der Waals surface area contributed by atoms with E-state index in [1.807, 2.05) is 0 Å². The van der Waals surface area contributed by atoms with Crippen molar-refractivity contribution in [3.63, 3.8) is 0 Å². The van der Waals surface area contributed by atoms with E-state index >= 15 is 0 Å². The van der Waals surface area contributed by atoms with Gasteiger partial charge in [0, 0.05) is 16.0 Å². The van der Waals surface area contributed by atoms with Crippen molar-refractivity contribution in [2.24, 2.45) is 4.99 Å². The molecule has 2 atom stereocenters. The summed E-state index contributed by atoms with van der Waals surface area (Å²) in [5.74, 6) is -0.830. The molecule has 0 bridgehead atoms. The number of anilines is 1. The molecule has 0 saturated heterocycles. The molecule has 0 fully saturated rings. The Morgan fingerprint density at radius 2 is 2.06 bits per heavy atom. The molecule has 2 aromatic carbocycles. The summed E-state index contributed by atoms with van der Waals surface area (Å²) in [6.07, 6.45) is -1.93. The van der Waals surface area contributed by atoms with Crippen LogP contribution in [0.25, 0.3) is 10.9 Å². The Morgan fingerprint density at radius 1 is 1.22 bits per heavy atom. The first-order valence-electron chi connectivity index (χ1n) is 10.8. The Labute approximate surface area is 208 Å². The topological polar surface area (TPSA) is 173 Å². The number of guanidine groups is 1. The predicted octanol–water partition coefficient (Wildman–Crippen LogP) is 1.74. The van der Waals surface area contributed by atoms with Gasteiger partial charge in [0.05, 0.1) is 37.0 Å². The maximum atomic E-state index is 13.3. The van der Waals surface area contributed by atoms with E-state index in [1.165, 1.54) is 6.07 Å². The van der Waals surface area contributed by atoms with Crippen molar-refractivity contribution in [2.75, 3.05) is 25.0 Å². The van der Waals surface area contributed by atoms with Gasteiger partial charge in [-0.15, -0.1) is 0 Å². The number of carboxylic acid groups (broad SMARTS) is 1. The molecule has 4 rings (SSSR count). The van der Waals surface area contributed by atoms with Gasteiger partial charge in [0.25, 0.3) is 5.91 Å². The van der Waals surface area contributed by atoms with E-state index in [4.69, 9.17) is 16.7 Å². The molecular weight excluding hydrogens is 495 g/mol. The van der Waals surface area contributed by atoms with Crippen molar-refractivity contribution < 1.29 is 23.9 Å². The number of amides is 3. The van der Waals surface area contributed by atoms with Crippen LogP contribution in [0.5, 0.6) is 0 Å². The van der Waals surface area contributed by atoms with E-state index in [0.717, 1.165) is 0 Å². The second-order valence-electron chi connectivity index (χ2n) is 7.84.